The van der Waals surface area contributed by atoms with E-state index in [4.69, 9.17) is 10.2 Å². The molecule has 2 atom stereocenters. The molecule has 1 aromatic carbocycles. The van der Waals surface area contributed by atoms with Crippen molar-refractivity contribution in [2.45, 2.75) is 12.5 Å². The number of phenolic OH excluding ortho intramolecular Hbond substituents is 1. The van der Waals surface area contributed by atoms with Gasteiger partial charge in [-0.25, -0.2) is 9.59 Å². The summed E-state index contributed by atoms with van der Waals surface area (Å²) in [4.78, 5) is 22.7. The van der Waals surface area contributed by atoms with E-state index in [9.17, 15) is 13.8 Å². The Morgan fingerprint density at radius 3 is 2.43 bits per heavy atom. The fourth-order valence-electron chi connectivity index (χ4n) is 1.59. The lowest BCUT2D eigenvalue weighted by Gasteiger charge is -2.15. The number of hydrogen-bond donors (Lipinski definition) is 4. The average molecular weight is 314 g/mol. The highest BCUT2D eigenvalue weighted by Crippen LogP contribution is 2.11. The van der Waals surface area contributed by atoms with E-state index in [2.05, 4.69) is 10.6 Å². The molecule has 0 fully saturated rings. The summed E-state index contributed by atoms with van der Waals surface area (Å²) in [5.41, 5.74) is 0.676. The lowest BCUT2D eigenvalue weighted by Crippen LogP contribution is -2.47. The van der Waals surface area contributed by atoms with Crippen molar-refractivity contribution in [2.75, 3.05) is 18.6 Å². The molecular formula is C13H18N2O5S. The Morgan fingerprint density at radius 2 is 1.90 bits per heavy atom. The first-order chi connectivity index (χ1) is 9.88. The molecule has 0 saturated heterocycles. The van der Waals surface area contributed by atoms with Crippen LogP contribution in [-0.2, 0) is 22.0 Å². The summed E-state index contributed by atoms with van der Waals surface area (Å²) in [5.74, 6) is -0.760. The Morgan fingerprint density at radius 1 is 1.29 bits per heavy atom. The van der Waals surface area contributed by atoms with Crippen LogP contribution in [0.2, 0.25) is 0 Å². The largest absolute Gasteiger partial charge is 0.508 e. The van der Waals surface area contributed by atoms with Crippen LogP contribution < -0.4 is 10.6 Å². The number of benzene rings is 1. The molecule has 0 radical (unpaired) electrons. The maximum atomic E-state index is 11.6. The predicted octanol–water partition coefficient (Wildman–Crippen LogP) is 0.0656. The maximum absolute atomic E-state index is 11.6. The van der Waals surface area contributed by atoms with E-state index in [1.54, 1.807) is 12.1 Å². The molecule has 2 amide bonds. The number of nitrogens with one attached hydrogen (secondary N) is 2. The van der Waals surface area contributed by atoms with Gasteiger partial charge in [0.05, 0.1) is 0 Å². The number of carbonyl (C=O) groups excluding carboxylic acids is 1. The second-order valence-electron chi connectivity index (χ2n) is 4.44. The lowest BCUT2D eigenvalue weighted by atomic mass is 10.1. The van der Waals surface area contributed by atoms with E-state index in [-0.39, 0.29) is 18.7 Å². The Balaban J connectivity index is 2.53. The Kier molecular flexibility index (Phi) is 6.67. The van der Waals surface area contributed by atoms with Crippen LogP contribution in [0.5, 0.6) is 5.75 Å². The molecule has 0 aliphatic rings. The Bertz CT molecular complexity index is 518. The monoisotopic (exact) mass is 314 g/mol. The molecule has 1 aromatic rings. The van der Waals surface area contributed by atoms with Crippen LogP contribution in [0.15, 0.2) is 24.3 Å². The number of phenols is 1. The van der Waals surface area contributed by atoms with Crippen molar-refractivity contribution in [1.29, 1.82) is 0 Å². The molecule has 0 aliphatic heterocycles. The van der Waals surface area contributed by atoms with Crippen molar-refractivity contribution in [1.82, 2.24) is 10.6 Å². The van der Waals surface area contributed by atoms with Gasteiger partial charge in [0.1, 0.15) is 11.8 Å². The topological polar surface area (TPSA) is 116 Å². The molecule has 21 heavy (non-hydrogen) atoms. The number of amides is 2. The van der Waals surface area contributed by atoms with Crippen molar-refractivity contribution in [3.63, 3.8) is 0 Å². The number of hydrogen-bond acceptors (Lipinski definition) is 4. The molecule has 0 saturated carbocycles. The minimum atomic E-state index is -1.16. The SMILES string of the molecule is CS(=O)CCNC(=O)N[C@H](Cc1ccc(O)cc1)C(=O)O. The van der Waals surface area contributed by atoms with Gasteiger partial charge in [0, 0.05) is 35.8 Å². The summed E-state index contributed by atoms with van der Waals surface area (Å²) < 4.78 is 10.8. The summed E-state index contributed by atoms with van der Waals surface area (Å²) in [5, 5.41) is 23.1. The molecule has 0 bridgehead atoms. The van der Waals surface area contributed by atoms with Crippen molar-refractivity contribution < 1.29 is 24.0 Å². The zero-order chi connectivity index (χ0) is 15.8. The van der Waals surface area contributed by atoms with Gasteiger partial charge in [0.15, 0.2) is 0 Å². The quantitative estimate of drug-likeness (QED) is 0.568. The molecule has 0 aliphatic carbocycles. The van der Waals surface area contributed by atoms with E-state index in [0.29, 0.717) is 11.3 Å². The lowest BCUT2D eigenvalue weighted by molar-refractivity contribution is -0.139. The van der Waals surface area contributed by atoms with Crippen LogP contribution >= 0.6 is 0 Å². The minimum Gasteiger partial charge on any atom is -0.508 e. The second-order valence-corrected chi connectivity index (χ2v) is 5.99. The van der Waals surface area contributed by atoms with Crippen LogP contribution in [0, 0.1) is 0 Å². The van der Waals surface area contributed by atoms with Crippen LogP contribution in [-0.4, -0.2) is 51.0 Å². The smallest absolute Gasteiger partial charge is 0.326 e. The van der Waals surface area contributed by atoms with Crippen molar-refractivity contribution in [2.24, 2.45) is 0 Å². The zero-order valence-corrected chi connectivity index (χ0v) is 12.4. The van der Waals surface area contributed by atoms with Gasteiger partial charge in [0.2, 0.25) is 0 Å². The fraction of sp³-hybridized carbons (Fsp3) is 0.385. The Hall–Kier alpha value is -2.09. The van der Waals surface area contributed by atoms with Crippen molar-refractivity contribution >= 4 is 22.8 Å². The van der Waals surface area contributed by atoms with Crippen LogP contribution in [0.1, 0.15) is 5.56 Å². The van der Waals surface area contributed by atoms with Crippen LogP contribution in [0.25, 0.3) is 0 Å². The highest BCUT2D eigenvalue weighted by atomic mass is 32.2. The van der Waals surface area contributed by atoms with Crippen LogP contribution in [0.3, 0.4) is 0 Å². The minimum absolute atomic E-state index is 0.0869. The molecule has 0 spiro atoms. The maximum Gasteiger partial charge on any atom is 0.326 e. The van der Waals surface area contributed by atoms with Gasteiger partial charge in [-0.3, -0.25) is 4.21 Å². The predicted molar refractivity (Wildman–Crippen MR) is 78.7 cm³/mol. The number of rotatable bonds is 7. The standard InChI is InChI=1S/C13H18N2O5S/c1-21(20)7-6-14-13(19)15-11(12(17)18)8-9-2-4-10(16)5-3-9/h2-5,11,16H,6-8H2,1H3,(H,17,18)(H2,14,15,19)/t11-,21?/m1/s1. The van der Waals surface area contributed by atoms with Gasteiger partial charge in [-0.1, -0.05) is 12.1 Å². The van der Waals surface area contributed by atoms with E-state index in [1.165, 1.54) is 18.4 Å². The number of carboxylic acids is 1. The number of urea groups is 1. The summed E-state index contributed by atoms with van der Waals surface area (Å²) in [6.45, 7) is 0.209. The van der Waals surface area contributed by atoms with E-state index in [0.717, 1.165) is 0 Å². The first kappa shape index (κ1) is 17.0. The first-order valence-corrected chi connectivity index (χ1v) is 7.96. The van der Waals surface area contributed by atoms with Crippen molar-refractivity contribution in [3.05, 3.63) is 29.8 Å². The third-order valence-electron chi connectivity index (χ3n) is 2.65. The van der Waals surface area contributed by atoms with Gasteiger partial charge in [-0.05, 0) is 17.7 Å². The Labute approximate surface area is 124 Å². The molecule has 4 N–H and O–H groups in total. The van der Waals surface area contributed by atoms with Crippen molar-refractivity contribution in [3.8, 4) is 5.75 Å². The van der Waals surface area contributed by atoms with Gasteiger partial charge < -0.3 is 20.8 Å². The molecule has 8 heteroatoms. The van der Waals surface area contributed by atoms with Gasteiger partial charge in [-0.15, -0.1) is 0 Å². The third-order valence-corrected chi connectivity index (χ3v) is 3.43. The highest BCUT2D eigenvalue weighted by Gasteiger charge is 2.20. The number of aliphatic carboxylic acids is 1. The van der Waals surface area contributed by atoms with Gasteiger partial charge in [-0.2, -0.15) is 0 Å². The summed E-state index contributed by atoms with van der Waals surface area (Å²) in [6.07, 6.45) is 1.62. The molecule has 1 unspecified atom stereocenters. The van der Waals surface area contributed by atoms with Gasteiger partial charge >= 0.3 is 12.0 Å². The molecule has 7 nitrogen and oxygen atoms in total. The normalized spacial score (nSPS) is 13.2. The molecule has 1 rings (SSSR count). The number of carboxylic acid groups (broad SMARTS) is 1. The zero-order valence-electron chi connectivity index (χ0n) is 11.5. The second kappa shape index (κ2) is 8.25. The van der Waals surface area contributed by atoms with E-state index >= 15 is 0 Å². The van der Waals surface area contributed by atoms with E-state index in [1.807, 2.05) is 0 Å². The van der Waals surface area contributed by atoms with E-state index < -0.39 is 28.8 Å². The molecule has 0 heterocycles. The number of carbonyl (C=O) groups is 2. The fourth-order valence-corrected chi connectivity index (χ4v) is 1.97. The average Bonchev–Trinajstić information content (AvgIpc) is 2.40. The van der Waals surface area contributed by atoms with Gasteiger partial charge in [0.25, 0.3) is 0 Å². The third kappa shape index (κ3) is 6.75. The highest BCUT2D eigenvalue weighted by molar-refractivity contribution is 7.84. The molecule has 0 aromatic heterocycles. The summed E-state index contributed by atoms with van der Waals surface area (Å²) in [6, 6.07) is 4.37. The first-order valence-electron chi connectivity index (χ1n) is 6.23. The molecule has 116 valence electrons. The molecular weight excluding hydrogens is 296 g/mol. The van der Waals surface area contributed by atoms with Crippen LogP contribution in [0.4, 0.5) is 4.79 Å². The summed E-state index contributed by atoms with van der Waals surface area (Å²) >= 11 is 0. The summed E-state index contributed by atoms with van der Waals surface area (Å²) in [7, 11) is -1.02. The number of aromatic hydroxyl groups is 1.